The van der Waals surface area contributed by atoms with Gasteiger partial charge in [-0.1, -0.05) is 19.8 Å². The summed E-state index contributed by atoms with van der Waals surface area (Å²) in [6.45, 7) is 2.05. The van der Waals surface area contributed by atoms with Gasteiger partial charge in [0.05, 0.1) is 5.92 Å². The molecule has 0 saturated heterocycles. The molecule has 0 spiro atoms. The van der Waals surface area contributed by atoms with Crippen molar-refractivity contribution in [2.24, 2.45) is 5.92 Å². The largest absolute Gasteiger partial charge is 0.481 e. The summed E-state index contributed by atoms with van der Waals surface area (Å²) in [7, 11) is 0. The Morgan fingerprint density at radius 2 is 2.31 bits per heavy atom. The third kappa shape index (κ3) is 1.96. The third-order valence-corrected chi connectivity index (χ3v) is 3.47. The molecule has 1 aliphatic carbocycles. The number of nitrogens with zero attached hydrogens (tertiary/aromatic N) is 2. The van der Waals surface area contributed by atoms with Gasteiger partial charge in [-0.05, 0) is 12.8 Å². The maximum absolute atomic E-state index is 11.2. The zero-order valence-corrected chi connectivity index (χ0v) is 9.59. The number of carboxylic acid groups (broad SMARTS) is 1. The molecule has 0 aromatic carbocycles. The smallest absolute Gasteiger partial charge is 0.308 e. The van der Waals surface area contributed by atoms with Crippen LogP contribution < -0.4 is 0 Å². The lowest BCUT2D eigenvalue weighted by atomic mass is 9.84. The summed E-state index contributed by atoms with van der Waals surface area (Å²) in [5.74, 6) is 0.0897. The molecule has 2 atom stereocenters. The summed E-state index contributed by atoms with van der Waals surface area (Å²) in [5.41, 5.74) is 0. The topological polar surface area (TPSA) is 55.1 Å². The first-order valence-corrected chi connectivity index (χ1v) is 5.98. The first kappa shape index (κ1) is 11.2. The van der Waals surface area contributed by atoms with E-state index in [1.165, 1.54) is 0 Å². The first-order chi connectivity index (χ1) is 7.74. The second-order valence-corrected chi connectivity index (χ2v) is 4.40. The van der Waals surface area contributed by atoms with Gasteiger partial charge in [0, 0.05) is 24.9 Å². The van der Waals surface area contributed by atoms with Crippen LogP contribution >= 0.6 is 0 Å². The van der Waals surface area contributed by atoms with Crippen molar-refractivity contribution in [3.05, 3.63) is 18.2 Å². The van der Waals surface area contributed by atoms with Crippen LogP contribution in [0.2, 0.25) is 0 Å². The van der Waals surface area contributed by atoms with Crippen LogP contribution in [-0.2, 0) is 11.2 Å². The molecule has 1 saturated carbocycles. The fraction of sp³-hybridized carbons (Fsp3) is 0.667. The van der Waals surface area contributed by atoms with Gasteiger partial charge < -0.3 is 9.67 Å². The number of imidazole rings is 1. The summed E-state index contributed by atoms with van der Waals surface area (Å²) >= 11 is 0. The van der Waals surface area contributed by atoms with Gasteiger partial charge >= 0.3 is 5.97 Å². The van der Waals surface area contributed by atoms with Gasteiger partial charge in [-0.2, -0.15) is 0 Å². The molecular weight excluding hydrogens is 204 g/mol. The molecule has 1 fully saturated rings. The van der Waals surface area contributed by atoms with E-state index in [-0.39, 0.29) is 12.0 Å². The monoisotopic (exact) mass is 222 g/mol. The molecule has 2 rings (SSSR count). The third-order valence-electron chi connectivity index (χ3n) is 3.47. The van der Waals surface area contributed by atoms with Crippen LogP contribution in [0.5, 0.6) is 0 Å². The molecular formula is C12H18N2O2. The number of rotatable bonds is 3. The molecule has 1 heterocycles. The molecule has 2 unspecified atom stereocenters. The molecule has 1 aliphatic rings. The fourth-order valence-electron chi connectivity index (χ4n) is 2.65. The lowest BCUT2D eigenvalue weighted by Crippen LogP contribution is -2.30. The van der Waals surface area contributed by atoms with Crippen LogP contribution in [0, 0.1) is 5.92 Å². The van der Waals surface area contributed by atoms with E-state index in [0.29, 0.717) is 0 Å². The van der Waals surface area contributed by atoms with E-state index in [9.17, 15) is 9.90 Å². The number of hydrogen-bond acceptors (Lipinski definition) is 2. The van der Waals surface area contributed by atoms with E-state index >= 15 is 0 Å². The Balaban J connectivity index is 2.26. The highest BCUT2D eigenvalue weighted by Crippen LogP contribution is 2.34. The number of carboxylic acids is 1. The predicted octanol–water partition coefficient (Wildman–Crippen LogP) is 2.26. The van der Waals surface area contributed by atoms with Crippen molar-refractivity contribution in [1.29, 1.82) is 0 Å². The minimum absolute atomic E-state index is 0.101. The number of aliphatic carboxylic acids is 1. The van der Waals surface area contributed by atoms with Gasteiger partial charge in [-0.3, -0.25) is 4.79 Å². The average Bonchev–Trinajstić information content (AvgIpc) is 2.76. The van der Waals surface area contributed by atoms with E-state index in [4.69, 9.17) is 0 Å². The molecule has 1 aromatic heterocycles. The number of aromatic nitrogens is 2. The minimum atomic E-state index is -0.666. The van der Waals surface area contributed by atoms with Gasteiger partial charge in [-0.25, -0.2) is 4.98 Å². The highest BCUT2D eigenvalue weighted by Gasteiger charge is 2.32. The van der Waals surface area contributed by atoms with E-state index in [2.05, 4.69) is 16.5 Å². The van der Waals surface area contributed by atoms with E-state index in [0.717, 1.165) is 37.9 Å². The van der Waals surface area contributed by atoms with Crippen LogP contribution in [-0.4, -0.2) is 20.6 Å². The average molecular weight is 222 g/mol. The standard InChI is InChI=1S/C12H18N2O2/c1-2-11-13-7-8-14(11)10-6-4-3-5-9(10)12(15)16/h7-10H,2-6H2,1H3,(H,15,16). The number of carbonyl (C=O) groups is 1. The van der Waals surface area contributed by atoms with E-state index < -0.39 is 5.97 Å². The van der Waals surface area contributed by atoms with Crippen molar-refractivity contribution >= 4 is 5.97 Å². The Labute approximate surface area is 95.3 Å². The van der Waals surface area contributed by atoms with Gasteiger partial charge in [0.25, 0.3) is 0 Å². The van der Waals surface area contributed by atoms with Gasteiger partial charge in [0.2, 0.25) is 0 Å². The molecule has 4 nitrogen and oxygen atoms in total. The second-order valence-electron chi connectivity index (χ2n) is 4.40. The van der Waals surface area contributed by atoms with Gasteiger partial charge in [0.1, 0.15) is 5.82 Å². The maximum atomic E-state index is 11.2. The highest BCUT2D eigenvalue weighted by atomic mass is 16.4. The molecule has 0 bridgehead atoms. The van der Waals surface area contributed by atoms with Crippen LogP contribution in [0.25, 0.3) is 0 Å². The quantitative estimate of drug-likeness (QED) is 0.853. The number of hydrogen-bond donors (Lipinski definition) is 1. The van der Waals surface area contributed by atoms with Gasteiger partial charge in [-0.15, -0.1) is 0 Å². The molecule has 1 aromatic rings. The summed E-state index contributed by atoms with van der Waals surface area (Å²) in [6, 6.07) is 0.101. The van der Waals surface area contributed by atoms with Crippen molar-refractivity contribution in [2.75, 3.05) is 0 Å². The Morgan fingerprint density at radius 3 is 3.00 bits per heavy atom. The van der Waals surface area contributed by atoms with Crippen LogP contribution in [0.1, 0.15) is 44.5 Å². The molecule has 88 valence electrons. The maximum Gasteiger partial charge on any atom is 0.308 e. The van der Waals surface area contributed by atoms with Crippen molar-refractivity contribution < 1.29 is 9.90 Å². The van der Waals surface area contributed by atoms with E-state index in [1.54, 1.807) is 6.20 Å². The molecule has 4 heteroatoms. The second kappa shape index (κ2) is 4.68. The predicted molar refractivity (Wildman–Crippen MR) is 60.2 cm³/mol. The van der Waals surface area contributed by atoms with Crippen molar-refractivity contribution in [3.63, 3.8) is 0 Å². The molecule has 1 N–H and O–H groups in total. The highest BCUT2D eigenvalue weighted by molar-refractivity contribution is 5.70. The van der Waals surface area contributed by atoms with Crippen LogP contribution in [0.15, 0.2) is 12.4 Å². The zero-order valence-electron chi connectivity index (χ0n) is 9.59. The van der Waals surface area contributed by atoms with Crippen molar-refractivity contribution in [3.8, 4) is 0 Å². The molecule has 0 amide bonds. The lowest BCUT2D eigenvalue weighted by Gasteiger charge is -2.30. The Kier molecular flexibility index (Phi) is 3.27. The summed E-state index contributed by atoms with van der Waals surface area (Å²) < 4.78 is 2.07. The zero-order chi connectivity index (χ0) is 11.5. The summed E-state index contributed by atoms with van der Waals surface area (Å²) in [4.78, 5) is 15.5. The van der Waals surface area contributed by atoms with E-state index in [1.807, 2.05) is 6.20 Å². The Morgan fingerprint density at radius 1 is 1.56 bits per heavy atom. The minimum Gasteiger partial charge on any atom is -0.481 e. The van der Waals surface area contributed by atoms with Crippen LogP contribution in [0.3, 0.4) is 0 Å². The van der Waals surface area contributed by atoms with Crippen molar-refractivity contribution in [2.45, 2.75) is 45.1 Å². The number of aryl methyl sites for hydroxylation is 1. The Hall–Kier alpha value is -1.32. The van der Waals surface area contributed by atoms with Crippen molar-refractivity contribution in [1.82, 2.24) is 9.55 Å². The fourth-order valence-corrected chi connectivity index (χ4v) is 2.65. The Bertz CT molecular complexity index is 373. The molecule has 16 heavy (non-hydrogen) atoms. The SMILES string of the molecule is CCc1nccn1C1CCCCC1C(=O)O. The first-order valence-electron chi connectivity index (χ1n) is 5.98. The lowest BCUT2D eigenvalue weighted by molar-refractivity contribution is -0.144. The van der Waals surface area contributed by atoms with Crippen LogP contribution in [0.4, 0.5) is 0 Å². The molecule has 0 aliphatic heterocycles. The summed E-state index contributed by atoms with van der Waals surface area (Å²) in [6.07, 6.45) is 8.45. The van der Waals surface area contributed by atoms with Gasteiger partial charge in [0.15, 0.2) is 0 Å². The normalized spacial score (nSPS) is 25.6. The molecule has 0 radical (unpaired) electrons. The summed E-state index contributed by atoms with van der Waals surface area (Å²) in [5, 5.41) is 9.24.